The molecule has 0 aromatic rings. The van der Waals surface area contributed by atoms with Crippen LogP contribution in [0.4, 0.5) is 0 Å². The first-order valence-electron chi connectivity index (χ1n) is 2.26. The van der Waals surface area contributed by atoms with Crippen molar-refractivity contribution in [3.63, 3.8) is 0 Å². The summed E-state index contributed by atoms with van der Waals surface area (Å²) in [5, 5.41) is 0. The van der Waals surface area contributed by atoms with Crippen LogP contribution in [0.2, 0.25) is 6.04 Å². The van der Waals surface area contributed by atoms with Crippen molar-refractivity contribution in [1.82, 2.24) is 0 Å². The van der Waals surface area contributed by atoms with E-state index in [9.17, 15) is 0 Å². The number of rotatable bonds is 2. The zero-order valence-corrected chi connectivity index (χ0v) is 10.4. The smallest absolute Gasteiger partial charge is 0.145 e. The van der Waals surface area contributed by atoms with Gasteiger partial charge in [0.2, 0.25) is 0 Å². The maximum atomic E-state index is 5.77. The maximum absolute atomic E-state index is 5.77. The summed E-state index contributed by atoms with van der Waals surface area (Å²) in [4.78, 5) is 0. The van der Waals surface area contributed by atoms with Gasteiger partial charge in [-0.25, -0.2) is 0 Å². The first-order chi connectivity index (χ1) is 3.81. The third-order valence-corrected chi connectivity index (χ3v) is 26.8. The fourth-order valence-corrected chi connectivity index (χ4v) is 5.41. The molecule has 0 atom stereocenters. The summed E-state index contributed by atoms with van der Waals surface area (Å²) in [5.41, 5.74) is -2.80. The fourth-order valence-electron chi connectivity index (χ4n) is 0.200. The van der Waals surface area contributed by atoms with Gasteiger partial charge in [0.05, 0.1) is 0 Å². The van der Waals surface area contributed by atoms with E-state index in [1.165, 1.54) is 0 Å². The van der Waals surface area contributed by atoms with E-state index in [0.29, 0.717) is 6.04 Å². The molecule has 0 aliphatic heterocycles. The van der Waals surface area contributed by atoms with Gasteiger partial charge in [-0.3, -0.25) is 0 Å². The molecule has 0 aromatic carbocycles. The van der Waals surface area contributed by atoms with Gasteiger partial charge in [-0.2, -0.15) is 0 Å². The molecule has 0 bridgehead atoms. The maximum Gasteiger partial charge on any atom is 0.358 e. The second kappa shape index (κ2) is 3.52. The van der Waals surface area contributed by atoms with Gasteiger partial charge in [-0.15, -0.1) is 55.4 Å². The van der Waals surface area contributed by atoms with Gasteiger partial charge in [-0.1, -0.05) is 6.92 Å². The number of halogens is 5. The molecule has 0 spiro atoms. The summed E-state index contributed by atoms with van der Waals surface area (Å²) in [5.74, 6) is 0. The predicted octanol–water partition coefficient (Wildman–Crippen LogP) is 3.66. The molecular formula is C2H5Cl5Si2. The third-order valence-electron chi connectivity index (χ3n) is 0.859. The summed E-state index contributed by atoms with van der Waals surface area (Å²) in [6.45, 7) is 1.83. The lowest BCUT2D eigenvalue weighted by atomic mass is 11.0. The molecule has 0 aliphatic carbocycles. The molecule has 0 radical (unpaired) electrons. The largest absolute Gasteiger partial charge is 0.358 e. The van der Waals surface area contributed by atoms with E-state index in [2.05, 4.69) is 0 Å². The van der Waals surface area contributed by atoms with E-state index in [4.69, 9.17) is 55.4 Å². The summed E-state index contributed by atoms with van der Waals surface area (Å²) < 4.78 is 0. The Morgan fingerprint density at radius 3 is 1.33 bits per heavy atom. The molecule has 7 heteroatoms. The fraction of sp³-hybridized carbons (Fsp3) is 1.00. The van der Waals surface area contributed by atoms with Crippen molar-refractivity contribution >= 4 is 67.1 Å². The van der Waals surface area contributed by atoms with Crippen LogP contribution in [-0.2, 0) is 0 Å². The Labute approximate surface area is 79.7 Å². The zero-order chi connectivity index (χ0) is 7.71. The molecule has 0 saturated carbocycles. The van der Waals surface area contributed by atoms with Crippen LogP contribution < -0.4 is 0 Å². The molecule has 9 heavy (non-hydrogen) atoms. The minimum absolute atomic E-state index is 0.596. The summed E-state index contributed by atoms with van der Waals surface area (Å²) in [6, 6.07) is 0.596. The van der Waals surface area contributed by atoms with E-state index in [1.54, 1.807) is 0 Å². The minimum Gasteiger partial charge on any atom is -0.145 e. The van der Waals surface area contributed by atoms with Crippen molar-refractivity contribution in [1.29, 1.82) is 0 Å². The molecule has 0 aliphatic rings. The lowest BCUT2D eigenvalue weighted by Crippen LogP contribution is -2.41. The zero-order valence-electron chi connectivity index (χ0n) is 4.60. The van der Waals surface area contributed by atoms with Crippen molar-refractivity contribution < 1.29 is 0 Å². The van der Waals surface area contributed by atoms with Crippen LogP contribution >= 0.6 is 55.4 Å². The highest BCUT2D eigenvalue weighted by Crippen LogP contribution is 2.39. The Morgan fingerprint density at radius 2 is 1.33 bits per heavy atom. The number of hydrogen-bond acceptors (Lipinski definition) is 0. The molecule has 56 valence electrons. The van der Waals surface area contributed by atoms with Crippen LogP contribution in [-0.4, -0.2) is 11.7 Å². The SMILES string of the molecule is CC[Si](Cl)(Cl)[Si](Cl)(Cl)Cl. The highest BCUT2D eigenvalue weighted by atomic mass is 35.9. The highest BCUT2D eigenvalue weighted by molar-refractivity contribution is 8.02. The summed E-state index contributed by atoms with van der Waals surface area (Å²) >= 11 is 28.3. The van der Waals surface area contributed by atoms with Crippen LogP contribution in [0.15, 0.2) is 0 Å². The first-order valence-corrected chi connectivity index (χ1v) is 12.5. The van der Waals surface area contributed by atoms with E-state index in [1.807, 2.05) is 6.92 Å². The van der Waals surface area contributed by atoms with Crippen LogP contribution in [0.5, 0.6) is 0 Å². The molecule has 0 N–H and O–H groups in total. The van der Waals surface area contributed by atoms with E-state index in [-0.39, 0.29) is 0 Å². The Kier molecular flexibility index (Phi) is 4.26. The Hall–Kier alpha value is 1.88. The molecule has 0 rings (SSSR count). The Morgan fingerprint density at radius 1 is 1.00 bits per heavy atom. The van der Waals surface area contributed by atoms with E-state index < -0.39 is 11.7 Å². The molecule has 0 amide bonds. The van der Waals surface area contributed by atoms with Crippen LogP contribution in [0.3, 0.4) is 0 Å². The quantitative estimate of drug-likeness (QED) is 0.526. The molecule has 0 unspecified atom stereocenters. The van der Waals surface area contributed by atoms with E-state index in [0.717, 1.165) is 0 Å². The summed E-state index contributed by atoms with van der Waals surface area (Å²) in [6.07, 6.45) is -2.50. The van der Waals surface area contributed by atoms with Gasteiger partial charge in [0.15, 0.2) is 0 Å². The van der Waals surface area contributed by atoms with E-state index >= 15 is 0 Å². The van der Waals surface area contributed by atoms with Crippen molar-refractivity contribution in [3.05, 3.63) is 0 Å². The molecular weight excluding hydrogens is 257 g/mol. The molecule has 0 saturated heterocycles. The van der Waals surface area contributed by atoms with Crippen LogP contribution in [0.1, 0.15) is 6.92 Å². The van der Waals surface area contributed by atoms with Gasteiger partial charge in [0.25, 0.3) is 6.21 Å². The van der Waals surface area contributed by atoms with Crippen molar-refractivity contribution in [3.8, 4) is 0 Å². The van der Waals surface area contributed by atoms with Crippen molar-refractivity contribution in [2.45, 2.75) is 13.0 Å². The second-order valence-corrected chi connectivity index (χ2v) is 25.5. The predicted molar refractivity (Wildman–Crippen MR) is 51.3 cm³/mol. The standard InChI is InChI=1S/C2H5Cl5Si2/c1-2-8(3,4)9(5,6)7/h2H2,1H3. The Balaban J connectivity index is 4.14. The van der Waals surface area contributed by atoms with Gasteiger partial charge in [-0.05, 0) is 6.04 Å². The topological polar surface area (TPSA) is 0 Å². The van der Waals surface area contributed by atoms with Gasteiger partial charge >= 0.3 is 5.52 Å². The average molecular weight is 262 g/mol. The summed E-state index contributed by atoms with van der Waals surface area (Å²) in [7, 11) is 0. The van der Waals surface area contributed by atoms with Gasteiger partial charge < -0.3 is 0 Å². The minimum atomic E-state index is -2.80. The van der Waals surface area contributed by atoms with Crippen molar-refractivity contribution in [2.24, 2.45) is 0 Å². The van der Waals surface area contributed by atoms with Crippen LogP contribution in [0.25, 0.3) is 0 Å². The molecule has 0 nitrogen and oxygen atoms in total. The van der Waals surface area contributed by atoms with Gasteiger partial charge in [0.1, 0.15) is 0 Å². The number of hydrogen-bond donors (Lipinski definition) is 0. The normalized spacial score (nSPS) is 14.0. The Bertz CT molecular complexity index is 95.6. The second-order valence-electron chi connectivity index (χ2n) is 1.56. The molecule has 0 fully saturated rings. The molecule has 0 heterocycles. The van der Waals surface area contributed by atoms with Crippen LogP contribution in [0, 0.1) is 0 Å². The molecule has 0 aromatic heterocycles. The van der Waals surface area contributed by atoms with Crippen molar-refractivity contribution in [2.75, 3.05) is 0 Å². The highest BCUT2D eigenvalue weighted by Gasteiger charge is 2.51. The first kappa shape index (κ1) is 10.9. The average Bonchev–Trinajstić information content (AvgIpc) is 1.64. The monoisotopic (exact) mass is 260 g/mol. The third kappa shape index (κ3) is 3.19. The lowest BCUT2D eigenvalue weighted by Gasteiger charge is -2.19. The lowest BCUT2D eigenvalue weighted by molar-refractivity contribution is 1.46. The van der Waals surface area contributed by atoms with Gasteiger partial charge in [0, 0.05) is 0 Å².